The lowest BCUT2D eigenvalue weighted by molar-refractivity contribution is -0.118. The zero-order chi connectivity index (χ0) is 17.8. The van der Waals surface area contributed by atoms with Gasteiger partial charge < -0.3 is 15.0 Å². The summed E-state index contributed by atoms with van der Waals surface area (Å²) in [5, 5.41) is 3.13. The Labute approximate surface area is 147 Å². The molecule has 0 aromatic heterocycles. The number of amides is 1. The smallest absolute Gasteiger partial charge is 0.240 e. The molecule has 0 spiro atoms. The number of ether oxygens (including phenoxy) is 1. The van der Waals surface area contributed by atoms with Crippen molar-refractivity contribution in [2.45, 2.75) is 25.8 Å². The molecule has 2 aromatic rings. The number of halogens is 1. The predicted octanol–water partition coefficient (Wildman–Crippen LogP) is 3.46. The standard InChI is InChI=1S/C20H23FN2O2/c1-14(17-7-3-4-8-18(17)21)22-13-20(24)23-11-5-6-15-12-16(25-2)9-10-19(15)23/h3-4,7-10,12,14,22H,5-6,11,13H2,1-2H3. The first-order valence-corrected chi connectivity index (χ1v) is 8.55. The molecule has 132 valence electrons. The molecular weight excluding hydrogens is 319 g/mol. The zero-order valence-electron chi connectivity index (χ0n) is 14.6. The Bertz CT molecular complexity index is 763. The Morgan fingerprint density at radius 2 is 2.12 bits per heavy atom. The summed E-state index contributed by atoms with van der Waals surface area (Å²) in [6.45, 7) is 2.73. The van der Waals surface area contributed by atoms with Gasteiger partial charge in [-0.25, -0.2) is 4.39 Å². The second kappa shape index (κ2) is 7.66. The molecule has 0 saturated heterocycles. The highest BCUT2D eigenvalue weighted by Gasteiger charge is 2.23. The topological polar surface area (TPSA) is 41.6 Å². The van der Waals surface area contributed by atoms with Crippen LogP contribution in [0.15, 0.2) is 42.5 Å². The van der Waals surface area contributed by atoms with E-state index in [4.69, 9.17) is 4.74 Å². The maximum Gasteiger partial charge on any atom is 0.240 e. The summed E-state index contributed by atoms with van der Waals surface area (Å²) in [5.41, 5.74) is 2.64. The van der Waals surface area contributed by atoms with Gasteiger partial charge in [0.15, 0.2) is 0 Å². The van der Waals surface area contributed by atoms with E-state index in [1.165, 1.54) is 6.07 Å². The second-order valence-corrected chi connectivity index (χ2v) is 6.27. The average Bonchev–Trinajstić information content (AvgIpc) is 2.65. The van der Waals surface area contributed by atoms with Gasteiger partial charge in [-0.05, 0) is 49.6 Å². The summed E-state index contributed by atoms with van der Waals surface area (Å²) >= 11 is 0. The predicted molar refractivity (Wildman–Crippen MR) is 96.5 cm³/mol. The molecule has 4 nitrogen and oxygen atoms in total. The first kappa shape index (κ1) is 17.4. The van der Waals surface area contributed by atoms with Crippen molar-refractivity contribution in [3.63, 3.8) is 0 Å². The van der Waals surface area contributed by atoms with Gasteiger partial charge in [0.2, 0.25) is 5.91 Å². The third kappa shape index (κ3) is 3.82. The van der Waals surface area contributed by atoms with E-state index in [-0.39, 0.29) is 24.3 Å². The summed E-state index contributed by atoms with van der Waals surface area (Å²) in [6.07, 6.45) is 1.87. The van der Waals surface area contributed by atoms with Crippen LogP contribution in [-0.4, -0.2) is 26.1 Å². The SMILES string of the molecule is COc1ccc2c(c1)CCCN2C(=O)CNC(C)c1ccccc1F. The van der Waals surface area contributed by atoms with Crippen molar-refractivity contribution < 1.29 is 13.9 Å². The molecule has 1 atom stereocenters. The minimum Gasteiger partial charge on any atom is -0.497 e. The first-order chi connectivity index (χ1) is 12.1. The monoisotopic (exact) mass is 342 g/mol. The summed E-state index contributed by atoms with van der Waals surface area (Å²) in [7, 11) is 1.64. The van der Waals surface area contributed by atoms with Crippen LogP contribution in [0.2, 0.25) is 0 Å². The van der Waals surface area contributed by atoms with E-state index < -0.39 is 0 Å². The van der Waals surface area contributed by atoms with E-state index >= 15 is 0 Å². The molecule has 1 heterocycles. The zero-order valence-corrected chi connectivity index (χ0v) is 14.6. The highest BCUT2D eigenvalue weighted by Crippen LogP contribution is 2.30. The number of nitrogens with zero attached hydrogens (tertiary/aromatic N) is 1. The number of anilines is 1. The number of carbonyl (C=O) groups is 1. The van der Waals surface area contributed by atoms with Gasteiger partial charge in [0.25, 0.3) is 0 Å². The summed E-state index contributed by atoms with van der Waals surface area (Å²) in [5.74, 6) is 0.541. The second-order valence-electron chi connectivity index (χ2n) is 6.27. The van der Waals surface area contributed by atoms with Crippen LogP contribution in [0.3, 0.4) is 0 Å². The van der Waals surface area contributed by atoms with E-state index in [0.717, 1.165) is 29.8 Å². The van der Waals surface area contributed by atoms with Crippen LogP contribution >= 0.6 is 0 Å². The number of aryl methyl sites for hydroxylation is 1. The van der Waals surface area contributed by atoms with E-state index in [1.807, 2.05) is 25.1 Å². The Balaban J connectivity index is 1.68. The molecule has 0 radical (unpaired) electrons. The lowest BCUT2D eigenvalue weighted by atomic mass is 10.0. The fourth-order valence-electron chi connectivity index (χ4n) is 3.23. The minimum atomic E-state index is -0.259. The van der Waals surface area contributed by atoms with Crippen LogP contribution < -0.4 is 15.0 Å². The molecule has 1 N–H and O–H groups in total. The molecular formula is C20H23FN2O2. The van der Waals surface area contributed by atoms with Crippen molar-refractivity contribution in [2.24, 2.45) is 0 Å². The lowest BCUT2D eigenvalue weighted by Crippen LogP contribution is -2.41. The van der Waals surface area contributed by atoms with Crippen molar-refractivity contribution in [1.82, 2.24) is 5.32 Å². The van der Waals surface area contributed by atoms with Crippen molar-refractivity contribution >= 4 is 11.6 Å². The Morgan fingerprint density at radius 1 is 1.32 bits per heavy atom. The molecule has 1 aliphatic heterocycles. The number of carbonyl (C=O) groups excluding carboxylic acids is 1. The number of rotatable bonds is 5. The molecule has 0 saturated carbocycles. The normalized spacial score (nSPS) is 14.8. The number of nitrogens with one attached hydrogen (secondary N) is 1. The fourth-order valence-corrected chi connectivity index (χ4v) is 3.23. The van der Waals surface area contributed by atoms with Gasteiger partial charge in [-0.1, -0.05) is 18.2 Å². The fraction of sp³-hybridized carbons (Fsp3) is 0.350. The highest BCUT2D eigenvalue weighted by atomic mass is 19.1. The van der Waals surface area contributed by atoms with Crippen LogP contribution in [0.25, 0.3) is 0 Å². The quantitative estimate of drug-likeness (QED) is 0.905. The van der Waals surface area contributed by atoms with Gasteiger partial charge in [-0.3, -0.25) is 4.79 Å². The number of hydrogen-bond acceptors (Lipinski definition) is 3. The number of hydrogen-bond donors (Lipinski definition) is 1. The van der Waals surface area contributed by atoms with Crippen LogP contribution in [-0.2, 0) is 11.2 Å². The summed E-state index contributed by atoms with van der Waals surface area (Å²) in [4.78, 5) is 14.5. The molecule has 0 fully saturated rings. The van der Waals surface area contributed by atoms with E-state index in [1.54, 1.807) is 30.2 Å². The largest absolute Gasteiger partial charge is 0.497 e. The summed E-state index contributed by atoms with van der Waals surface area (Å²) < 4.78 is 19.1. The van der Waals surface area contributed by atoms with Gasteiger partial charge >= 0.3 is 0 Å². The molecule has 0 aliphatic carbocycles. The van der Waals surface area contributed by atoms with Gasteiger partial charge in [-0.2, -0.15) is 0 Å². The Morgan fingerprint density at radius 3 is 2.88 bits per heavy atom. The minimum absolute atomic E-state index is 0.00527. The van der Waals surface area contributed by atoms with Crippen molar-refractivity contribution in [3.05, 3.63) is 59.4 Å². The molecule has 1 aliphatic rings. The van der Waals surface area contributed by atoms with Crippen LogP contribution in [0.5, 0.6) is 5.75 Å². The maximum absolute atomic E-state index is 13.8. The van der Waals surface area contributed by atoms with E-state index in [2.05, 4.69) is 5.32 Å². The van der Waals surface area contributed by atoms with Gasteiger partial charge in [-0.15, -0.1) is 0 Å². The molecule has 2 aromatic carbocycles. The summed E-state index contributed by atoms with van der Waals surface area (Å²) in [6, 6.07) is 12.2. The third-order valence-electron chi connectivity index (χ3n) is 4.64. The van der Waals surface area contributed by atoms with Gasteiger partial charge in [0.05, 0.1) is 13.7 Å². The van der Waals surface area contributed by atoms with Crippen molar-refractivity contribution in [1.29, 1.82) is 0 Å². The Kier molecular flexibility index (Phi) is 5.34. The number of fused-ring (bicyclic) bond motifs is 1. The van der Waals surface area contributed by atoms with Gasteiger partial charge in [0, 0.05) is 23.8 Å². The maximum atomic E-state index is 13.8. The van der Waals surface area contributed by atoms with Crippen molar-refractivity contribution in [2.75, 3.05) is 25.1 Å². The molecule has 1 unspecified atom stereocenters. The number of methoxy groups -OCH3 is 1. The molecule has 0 bridgehead atoms. The Hall–Kier alpha value is -2.40. The van der Waals surface area contributed by atoms with Crippen LogP contribution in [0.4, 0.5) is 10.1 Å². The molecule has 5 heteroatoms. The third-order valence-corrected chi connectivity index (χ3v) is 4.64. The molecule has 3 rings (SSSR count). The highest BCUT2D eigenvalue weighted by molar-refractivity contribution is 5.96. The van der Waals surface area contributed by atoms with Crippen LogP contribution in [0, 0.1) is 5.82 Å². The van der Waals surface area contributed by atoms with E-state index in [0.29, 0.717) is 12.1 Å². The number of benzene rings is 2. The van der Waals surface area contributed by atoms with Crippen LogP contribution in [0.1, 0.15) is 30.5 Å². The van der Waals surface area contributed by atoms with E-state index in [9.17, 15) is 9.18 Å². The lowest BCUT2D eigenvalue weighted by Gasteiger charge is -2.30. The molecule has 1 amide bonds. The first-order valence-electron chi connectivity index (χ1n) is 8.55. The van der Waals surface area contributed by atoms with Gasteiger partial charge in [0.1, 0.15) is 11.6 Å². The average molecular weight is 342 g/mol. The molecule has 25 heavy (non-hydrogen) atoms. The van der Waals surface area contributed by atoms with Crippen molar-refractivity contribution in [3.8, 4) is 5.75 Å².